The minimum atomic E-state index is 0.0641. The molecule has 3 N–H and O–H groups in total. The Morgan fingerprint density at radius 1 is 1.33 bits per heavy atom. The quantitative estimate of drug-likeness (QED) is 0.819. The second kappa shape index (κ2) is 6.83. The number of amides is 1. The molecular formula is C17H26N2O2. The lowest BCUT2D eigenvalue weighted by Crippen LogP contribution is -2.39. The van der Waals surface area contributed by atoms with Crippen molar-refractivity contribution in [2.24, 2.45) is 5.41 Å². The Kier molecular flexibility index (Phi) is 5.10. The molecule has 0 aromatic heterocycles. The number of benzene rings is 1. The topological polar surface area (TPSA) is 64.3 Å². The molecule has 1 aromatic carbocycles. The van der Waals surface area contributed by atoms with Crippen LogP contribution in [0.5, 0.6) is 5.75 Å². The molecule has 4 heteroatoms. The van der Waals surface area contributed by atoms with E-state index >= 15 is 0 Å². The lowest BCUT2D eigenvalue weighted by atomic mass is 9.75. The number of ether oxygens (including phenoxy) is 1. The van der Waals surface area contributed by atoms with Gasteiger partial charge in [0.2, 0.25) is 5.91 Å². The van der Waals surface area contributed by atoms with Crippen LogP contribution in [-0.4, -0.2) is 18.6 Å². The number of anilines is 1. The number of carbonyl (C=O) groups is 1. The first-order chi connectivity index (χ1) is 9.96. The molecule has 1 fully saturated rings. The standard InChI is InChI=1S/C17H26N2O2/c1-17(2)10-7-13(8-11-17)19-16(20)9-12-21-15-6-4-3-5-14(15)18/h3-6,13H,7-12,18H2,1-2H3,(H,19,20). The number of hydrogen-bond acceptors (Lipinski definition) is 3. The molecule has 0 bridgehead atoms. The molecule has 0 radical (unpaired) electrons. The van der Waals surface area contributed by atoms with Crippen molar-refractivity contribution in [1.29, 1.82) is 0 Å². The van der Waals surface area contributed by atoms with Gasteiger partial charge in [0.15, 0.2) is 0 Å². The Morgan fingerprint density at radius 2 is 2.00 bits per heavy atom. The van der Waals surface area contributed by atoms with Crippen LogP contribution in [0.3, 0.4) is 0 Å². The van der Waals surface area contributed by atoms with E-state index in [1.54, 1.807) is 6.07 Å². The van der Waals surface area contributed by atoms with Gasteiger partial charge in [-0.3, -0.25) is 4.79 Å². The van der Waals surface area contributed by atoms with Gasteiger partial charge in [0.25, 0.3) is 0 Å². The number of nitrogens with one attached hydrogen (secondary N) is 1. The SMILES string of the molecule is CC1(C)CCC(NC(=O)CCOc2ccccc2N)CC1. The van der Waals surface area contributed by atoms with Crippen LogP contribution in [0.15, 0.2) is 24.3 Å². The van der Waals surface area contributed by atoms with Crippen LogP contribution in [0.25, 0.3) is 0 Å². The monoisotopic (exact) mass is 290 g/mol. The average Bonchev–Trinajstić information content (AvgIpc) is 2.43. The number of nitrogen functional groups attached to an aromatic ring is 1. The van der Waals surface area contributed by atoms with Gasteiger partial charge in [-0.15, -0.1) is 0 Å². The molecule has 116 valence electrons. The molecule has 1 amide bonds. The Bertz CT molecular complexity index is 475. The van der Waals surface area contributed by atoms with Crippen molar-refractivity contribution in [3.05, 3.63) is 24.3 Å². The predicted molar refractivity (Wildman–Crippen MR) is 85.1 cm³/mol. The van der Waals surface area contributed by atoms with Gasteiger partial charge in [0.05, 0.1) is 18.7 Å². The molecular weight excluding hydrogens is 264 g/mol. The molecule has 1 aliphatic carbocycles. The van der Waals surface area contributed by atoms with Gasteiger partial charge in [0.1, 0.15) is 5.75 Å². The van der Waals surface area contributed by atoms with Crippen molar-refractivity contribution >= 4 is 11.6 Å². The molecule has 21 heavy (non-hydrogen) atoms. The summed E-state index contributed by atoms with van der Waals surface area (Å²) in [5, 5.41) is 3.11. The van der Waals surface area contributed by atoms with Crippen molar-refractivity contribution in [2.75, 3.05) is 12.3 Å². The molecule has 0 aliphatic heterocycles. The van der Waals surface area contributed by atoms with Crippen LogP contribution in [-0.2, 0) is 4.79 Å². The Morgan fingerprint density at radius 3 is 2.67 bits per heavy atom. The molecule has 0 heterocycles. The van der Waals surface area contributed by atoms with E-state index in [1.165, 1.54) is 12.8 Å². The first-order valence-electron chi connectivity index (χ1n) is 7.73. The van der Waals surface area contributed by atoms with Crippen molar-refractivity contribution < 1.29 is 9.53 Å². The third-order valence-corrected chi connectivity index (χ3v) is 4.21. The van der Waals surface area contributed by atoms with E-state index in [4.69, 9.17) is 10.5 Å². The van der Waals surface area contributed by atoms with Crippen LogP contribution >= 0.6 is 0 Å². The zero-order chi connectivity index (χ0) is 15.3. The first-order valence-corrected chi connectivity index (χ1v) is 7.73. The number of para-hydroxylation sites is 2. The summed E-state index contributed by atoms with van der Waals surface area (Å²) in [5.74, 6) is 0.707. The van der Waals surface area contributed by atoms with E-state index in [1.807, 2.05) is 18.2 Å². The number of nitrogens with two attached hydrogens (primary N) is 1. The van der Waals surface area contributed by atoms with Crippen molar-refractivity contribution in [3.63, 3.8) is 0 Å². The van der Waals surface area contributed by atoms with Crippen LogP contribution < -0.4 is 15.8 Å². The van der Waals surface area contributed by atoms with Crippen molar-refractivity contribution in [2.45, 2.75) is 52.0 Å². The van der Waals surface area contributed by atoms with E-state index in [-0.39, 0.29) is 5.91 Å². The molecule has 4 nitrogen and oxygen atoms in total. The largest absolute Gasteiger partial charge is 0.491 e. The molecule has 0 unspecified atom stereocenters. The molecule has 1 aromatic rings. The summed E-state index contributed by atoms with van der Waals surface area (Å²) in [5.41, 5.74) is 6.82. The van der Waals surface area contributed by atoms with E-state index in [0.29, 0.717) is 35.9 Å². The van der Waals surface area contributed by atoms with Crippen molar-refractivity contribution in [3.8, 4) is 5.75 Å². The van der Waals surface area contributed by atoms with E-state index in [0.717, 1.165) is 12.8 Å². The Labute approximate surface area is 127 Å². The van der Waals surface area contributed by atoms with Gasteiger partial charge < -0.3 is 15.8 Å². The molecule has 1 saturated carbocycles. The molecule has 0 saturated heterocycles. The van der Waals surface area contributed by atoms with Crippen molar-refractivity contribution in [1.82, 2.24) is 5.32 Å². The lowest BCUT2D eigenvalue weighted by Gasteiger charge is -2.34. The highest BCUT2D eigenvalue weighted by Gasteiger charge is 2.27. The second-order valence-electron chi connectivity index (χ2n) is 6.64. The van der Waals surface area contributed by atoms with Gasteiger partial charge in [-0.25, -0.2) is 0 Å². The highest BCUT2D eigenvalue weighted by Crippen LogP contribution is 2.34. The maximum absolute atomic E-state index is 11.9. The smallest absolute Gasteiger partial charge is 0.223 e. The number of carbonyl (C=O) groups excluding carboxylic acids is 1. The molecule has 2 rings (SSSR count). The van der Waals surface area contributed by atoms with Crippen LogP contribution in [0.1, 0.15) is 46.0 Å². The Hall–Kier alpha value is -1.71. The van der Waals surface area contributed by atoms with Crippen LogP contribution in [0.4, 0.5) is 5.69 Å². The molecule has 1 aliphatic rings. The normalized spacial score (nSPS) is 18.2. The fourth-order valence-electron chi connectivity index (χ4n) is 2.71. The summed E-state index contributed by atoms with van der Waals surface area (Å²) in [7, 11) is 0. The lowest BCUT2D eigenvalue weighted by molar-refractivity contribution is -0.122. The summed E-state index contributed by atoms with van der Waals surface area (Å²) < 4.78 is 5.54. The van der Waals surface area contributed by atoms with E-state index < -0.39 is 0 Å². The number of hydrogen-bond donors (Lipinski definition) is 2. The first kappa shape index (κ1) is 15.7. The second-order valence-corrected chi connectivity index (χ2v) is 6.64. The van der Waals surface area contributed by atoms with E-state index in [2.05, 4.69) is 19.2 Å². The van der Waals surface area contributed by atoms with Gasteiger partial charge in [-0.2, -0.15) is 0 Å². The number of rotatable bonds is 5. The van der Waals surface area contributed by atoms with Gasteiger partial charge in [0, 0.05) is 6.04 Å². The summed E-state index contributed by atoms with van der Waals surface area (Å²) >= 11 is 0. The highest BCUT2D eigenvalue weighted by molar-refractivity contribution is 5.76. The summed E-state index contributed by atoms with van der Waals surface area (Å²) in [6, 6.07) is 7.66. The van der Waals surface area contributed by atoms with Gasteiger partial charge in [-0.05, 0) is 43.2 Å². The zero-order valence-corrected chi connectivity index (χ0v) is 13.0. The fraction of sp³-hybridized carbons (Fsp3) is 0.588. The maximum atomic E-state index is 11.9. The zero-order valence-electron chi connectivity index (χ0n) is 13.0. The van der Waals surface area contributed by atoms with Gasteiger partial charge >= 0.3 is 0 Å². The summed E-state index contributed by atoms with van der Waals surface area (Å²) in [6.45, 7) is 4.95. The average molecular weight is 290 g/mol. The minimum absolute atomic E-state index is 0.0641. The third kappa shape index (κ3) is 4.96. The summed E-state index contributed by atoms with van der Waals surface area (Å²) in [4.78, 5) is 11.9. The third-order valence-electron chi connectivity index (χ3n) is 4.21. The van der Waals surface area contributed by atoms with Crippen LogP contribution in [0, 0.1) is 5.41 Å². The minimum Gasteiger partial charge on any atom is -0.491 e. The fourth-order valence-corrected chi connectivity index (χ4v) is 2.71. The van der Waals surface area contributed by atoms with Gasteiger partial charge in [-0.1, -0.05) is 26.0 Å². The molecule has 0 atom stereocenters. The van der Waals surface area contributed by atoms with E-state index in [9.17, 15) is 4.79 Å². The maximum Gasteiger partial charge on any atom is 0.223 e. The Balaban J connectivity index is 1.68. The summed E-state index contributed by atoms with van der Waals surface area (Å²) in [6.07, 6.45) is 4.87. The predicted octanol–water partition coefficient (Wildman–Crippen LogP) is 3.12. The van der Waals surface area contributed by atoms with Crippen LogP contribution in [0.2, 0.25) is 0 Å². The molecule has 0 spiro atoms. The highest BCUT2D eigenvalue weighted by atomic mass is 16.5.